The molecule has 0 bridgehead atoms. The zero-order valence-electron chi connectivity index (χ0n) is 14.2. The Morgan fingerprint density at radius 3 is 2.57 bits per heavy atom. The van der Waals surface area contributed by atoms with Gasteiger partial charge in [-0.2, -0.15) is 0 Å². The average molecular weight is 341 g/mol. The molecule has 0 aromatic heterocycles. The van der Waals surface area contributed by atoms with Crippen LogP contribution >= 0.6 is 12.4 Å². The fraction of sp³-hybridized carbons (Fsp3) is 0.611. The van der Waals surface area contributed by atoms with E-state index in [1.807, 2.05) is 37.1 Å². The minimum absolute atomic E-state index is 0. The van der Waals surface area contributed by atoms with Crippen molar-refractivity contribution in [2.75, 3.05) is 33.4 Å². The van der Waals surface area contributed by atoms with Gasteiger partial charge in [-0.25, -0.2) is 0 Å². The highest BCUT2D eigenvalue weighted by molar-refractivity contribution is 5.85. The SMILES string of the molecule is CNCC(C)C(=O)N(Cc1ccccc1)CC1CCOCC1.Cl. The second-order valence-corrected chi connectivity index (χ2v) is 6.22. The molecule has 0 aliphatic carbocycles. The minimum atomic E-state index is 0. The normalized spacial score (nSPS) is 16.4. The van der Waals surface area contributed by atoms with Crippen LogP contribution < -0.4 is 5.32 Å². The van der Waals surface area contributed by atoms with Crippen LogP contribution in [0.3, 0.4) is 0 Å². The number of rotatable bonds is 7. The summed E-state index contributed by atoms with van der Waals surface area (Å²) in [6.45, 7) is 5.91. The van der Waals surface area contributed by atoms with Crippen LogP contribution in [0.25, 0.3) is 0 Å². The molecule has 1 amide bonds. The van der Waals surface area contributed by atoms with E-state index >= 15 is 0 Å². The fourth-order valence-electron chi connectivity index (χ4n) is 2.98. The Morgan fingerprint density at radius 2 is 1.96 bits per heavy atom. The van der Waals surface area contributed by atoms with Gasteiger partial charge in [0, 0.05) is 38.8 Å². The van der Waals surface area contributed by atoms with E-state index < -0.39 is 0 Å². The largest absolute Gasteiger partial charge is 0.381 e. The predicted molar refractivity (Wildman–Crippen MR) is 95.7 cm³/mol. The average Bonchev–Trinajstić information content (AvgIpc) is 2.56. The highest BCUT2D eigenvalue weighted by Crippen LogP contribution is 2.19. The quantitative estimate of drug-likeness (QED) is 0.829. The summed E-state index contributed by atoms with van der Waals surface area (Å²) in [4.78, 5) is 14.8. The summed E-state index contributed by atoms with van der Waals surface area (Å²) in [6, 6.07) is 10.3. The first kappa shape index (κ1) is 19.9. The molecular formula is C18H29ClN2O2. The van der Waals surface area contributed by atoms with Gasteiger partial charge in [0.2, 0.25) is 5.91 Å². The summed E-state index contributed by atoms with van der Waals surface area (Å²) in [5.41, 5.74) is 1.19. The maximum atomic E-state index is 12.8. The smallest absolute Gasteiger partial charge is 0.226 e. The van der Waals surface area contributed by atoms with E-state index in [0.29, 0.717) is 12.5 Å². The summed E-state index contributed by atoms with van der Waals surface area (Å²) < 4.78 is 5.43. The van der Waals surface area contributed by atoms with Crippen molar-refractivity contribution in [1.82, 2.24) is 10.2 Å². The number of benzene rings is 1. The summed E-state index contributed by atoms with van der Waals surface area (Å²) in [5, 5.41) is 3.10. The minimum Gasteiger partial charge on any atom is -0.381 e. The van der Waals surface area contributed by atoms with Crippen LogP contribution in [0.15, 0.2) is 30.3 Å². The van der Waals surface area contributed by atoms with Crippen LogP contribution in [0.1, 0.15) is 25.3 Å². The fourth-order valence-corrected chi connectivity index (χ4v) is 2.98. The number of carbonyl (C=O) groups excluding carboxylic acids is 1. The molecule has 1 aliphatic heterocycles. The monoisotopic (exact) mass is 340 g/mol. The first-order valence-electron chi connectivity index (χ1n) is 8.25. The van der Waals surface area contributed by atoms with Crippen molar-refractivity contribution < 1.29 is 9.53 Å². The third kappa shape index (κ3) is 6.50. The number of ether oxygens (including phenoxy) is 1. The molecular weight excluding hydrogens is 312 g/mol. The van der Waals surface area contributed by atoms with Crippen LogP contribution in [-0.4, -0.2) is 44.2 Å². The first-order valence-corrected chi connectivity index (χ1v) is 8.25. The maximum absolute atomic E-state index is 12.8. The number of nitrogens with one attached hydrogen (secondary N) is 1. The van der Waals surface area contributed by atoms with Gasteiger partial charge in [-0.3, -0.25) is 4.79 Å². The molecule has 1 aromatic rings. The van der Waals surface area contributed by atoms with Crippen LogP contribution in [-0.2, 0) is 16.1 Å². The summed E-state index contributed by atoms with van der Waals surface area (Å²) in [7, 11) is 1.89. The number of halogens is 1. The molecule has 0 spiro atoms. The van der Waals surface area contributed by atoms with Crippen molar-refractivity contribution in [3.8, 4) is 0 Å². The Balaban J connectivity index is 0.00000264. The van der Waals surface area contributed by atoms with E-state index in [1.165, 1.54) is 5.56 Å². The zero-order chi connectivity index (χ0) is 15.8. The number of hydrogen-bond donors (Lipinski definition) is 1. The molecule has 1 aliphatic rings. The summed E-state index contributed by atoms with van der Waals surface area (Å²) >= 11 is 0. The molecule has 4 nitrogen and oxygen atoms in total. The molecule has 0 saturated carbocycles. The highest BCUT2D eigenvalue weighted by atomic mass is 35.5. The van der Waals surface area contributed by atoms with Crippen molar-refractivity contribution in [3.63, 3.8) is 0 Å². The Labute approximate surface area is 146 Å². The maximum Gasteiger partial charge on any atom is 0.226 e. The Bertz CT molecular complexity index is 450. The highest BCUT2D eigenvalue weighted by Gasteiger charge is 2.24. The van der Waals surface area contributed by atoms with Crippen LogP contribution in [0.4, 0.5) is 0 Å². The van der Waals surface area contributed by atoms with Gasteiger partial charge in [0.05, 0.1) is 0 Å². The van der Waals surface area contributed by atoms with Gasteiger partial charge in [0.1, 0.15) is 0 Å². The molecule has 23 heavy (non-hydrogen) atoms. The van der Waals surface area contributed by atoms with Gasteiger partial charge >= 0.3 is 0 Å². The molecule has 1 saturated heterocycles. The van der Waals surface area contributed by atoms with Crippen molar-refractivity contribution in [2.45, 2.75) is 26.3 Å². The van der Waals surface area contributed by atoms with Gasteiger partial charge in [-0.1, -0.05) is 37.3 Å². The number of amides is 1. The molecule has 2 rings (SSSR count). The third-order valence-corrected chi connectivity index (χ3v) is 4.28. The van der Waals surface area contributed by atoms with E-state index in [0.717, 1.165) is 39.1 Å². The van der Waals surface area contributed by atoms with Crippen molar-refractivity contribution in [1.29, 1.82) is 0 Å². The molecule has 0 radical (unpaired) electrons. The van der Waals surface area contributed by atoms with E-state index in [1.54, 1.807) is 0 Å². The summed E-state index contributed by atoms with van der Waals surface area (Å²) in [6.07, 6.45) is 2.11. The van der Waals surface area contributed by atoms with Gasteiger partial charge < -0.3 is 15.0 Å². The lowest BCUT2D eigenvalue weighted by atomic mass is 9.98. The van der Waals surface area contributed by atoms with Crippen molar-refractivity contribution in [2.24, 2.45) is 11.8 Å². The second kappa shape index (κ2) is 10.6. The summed E-state index contributed by atoms with van der Waals surface area (Å²) in [5.74, 6) is 0.807. The van der Waals surface area contributed by atoms with Gasteiger partial charge in [0.15, 0.2) is 0 Å². The Hall–Kier alpha value is -1.10. The topological polar surface area (TPSA) is 41.6 Å². The number of nitrogens with zero attached hydrogens (tertiary/aromatic N) is 1. The van der Waals surface area contributed by atoms with Crippen LogP contribution in [0.2, 0.25) is 0 Å². The lowest BCUT2D eigenvalue weighted by Gasteiger charge is -2.31. The molecule has 5 heteroatoms. The molecule has 1 fully saturated rings. The van der Waals surface area contributed by atoms with Crippen molar-refractivity contribution in [3.05, 3.63) is 35.9 Å². The Kier molecular flexibility index (Phi) is 9.22. The molecule has 1 atom stereocenters. The van der Waals surface area contributed by atoms with Gasteiger partial charge in [-0.15, -0.1) is 12.4 Å². The predicted octanol–water partition coefficient (Wildman–Crippen LogP) is 2.72. The van der Waals surface area contributed by atoms with E-state index in [4.69, 9.17) is 4.74 Å². The molecule has 1 heterocycles. The molecule has 130 valence electrons. The van der Waals surface area contributed by atoms with E-state index in [-0.39, 0.29) is 24.2 Å². The second-order valence-electron chi connectivity index (χ2n) is 6.22. The van der Waals surface area contributed by atoms with Crippen LogP contribution in [0, 0.1) is 11.8 Å². The molecule has 1 N–H and O–H groups in total. The van der Waals surface area contributed by atoms with Crippen LogP contribution in [0.5, 0.6) is 0 Å². The number of carbonyl (C=O) groups is 1. The standard InChI is InChI=1S/C18H28N2O2.ClH/c1-15(12-19-2)18(21)20(13-16-6-4-3-5-7-16)14-17-8-10-22-11-9-17;/h3-7,15,17,19H,8-14H2,1-2H3;1H. The van der Waals surface area contributed by atoms with Gasteiger partial charge in [-0.05, 0) is 31.4 Å². The molecule has 1 aromatic carbocycles. The Morgan fingerprint density at radius 1 is 1.30 bits per heavy atom. The van der Waals surface area contributed by atoms with Gasteiger partial charge in [0.25, 0.3) is 0 Å². The lowest BCUT2D eigenvalue weighted by molar-refractivity contribution is -0.136. The zero-order valence-corrected chi connectivity index (χ0v) is 15.0. The van der Waals surface area contributed by atoms with E-state index in [9.17, 15) is 4.79 Å². The van der Waals surface area contributed by atoms with E-state index in [2.05, 4.69) is 17.4 Å². The third-order valence-electron chi connectivity index (χ3n) is 4.28. The lowest BCUT2D eigenvalue weighted by Crippen LogP contribution is -2.41. The van der Waals surface area contributed by atoms with Crippen molar-refractivity contribution >= 4 is 18.3 Å². The molecule has 1 unspecified atom stereocenters. The number of hydrogen-bond acceptors (Lipinski definition) is 3. The first-order chi connectivity index (χ1) is 10.7.